The predicted octanol–water partition coefficient (Wildman–Crippen LogP) is 6.60. The van der Waals surface area contributed by atoms with Crippen molar-refractivity contribution in [2.75, 3.05) is 18.5 Å². The molecule has 48 heavy (non-hydrogen) atoms. The van der Waals surface area contributed by atoms with Gasteiger partial charge in [-0.2, -0.15) is 0 Å². The number of nitro benzene ring substituents is 2. The minimum Gasteiger partial charge on any atom is -0.374 e. The van der Waals surface area contributed by atoms with E-state index in [9.17, 15) is 20.2 Å². The van der Waals surface area contributed by atoms with Crippen molar-refractivity contribution >= 4 is 17.1 Å². The van der Waals surface area contributed by atoms with E-state index in [4.69, 9.17) is 23.7 Å². The molecule has 5 atom stereocenters. The van der Waals surface area contributed by atoms with Crippen molar-refractivity contribution in [1.82, 2.24) is 0 Å². The fourth-order valence-electron chi connectivity index (χ4n) is 5.38. The van der Waals surface area contributed by atoms with E-state index in [2.05, 4.69) is 11.9 Å². The molecule has 0 radical (unpaired) electrons. The zero-order chi connectivity index (χ0) is 33.7. The normalized spacial score (nSPS) is 20.5. The molecular weight excluding hydrogens is 618 g/mol. The molecule has 0 aromatic heterocycles. The molecule has 250 valence electrons. The summed E-state index contributed by atoms with van der Waals surface area (Å²) in [6, 6.07) is 31.3. The maximum absolute atomic E-state index is 12.1. The zero-order valence-electron chi connectivity index (χ0n) is 26.2. The van der Waals surface area contributed by atoms with E-state index < -0.39 is 51.9 Å². The van der Waals surface area contributed by atoms with Crippen LogP contribution < -0.4 is 5.32 Å². The minimum atomic E-state index is -1.02. The number of hydrogen-bond donors (Lipinski definition) is 1. The number of benzene rings is 4. The molecule has 4 aromatic rings. The van der Waals surface area contributed by atoms with Gasteiger partial charge in [0.15, 0.2) is 6.29 Å². The van der Waals surface area contributed by atoms with E-state index in [1.54, 1.807) is 6.08 Å². The summed E-state index contributed by atoms with van der Waals surface area (Å²) in [6.45, 7) is 4.76. The second-order valence-corrected chi connectivity index (χ2v) is 11.1. The van der Waals surface area contributed by atoms with Crippen LogP contribution >= 0.6 is 0 Å². The first-order valence-corrected chi connectivity index (χ1v) is 15.4. The predicted molar refractivity (Wildman–Crippen MR) is 178 cm³/mol. The Morgan fingerprint density at radius 3 is 1.88 bits per heavy atom. The first-order valence-electron chi connectivity index (χ1n) is 15.4. The number of nitrogens with one attached hydrogen (secondary N) is 1. The number of anilines is 1. The van der Waals surface area contributed by atoms with Gasteiger partial charge in [-0.05, 0) is 22.8 Å². The fraction of sp³-hybridized carbons (Fsp3) is 0.278. The maximum atomic E-state index is 12.1. The quantitative estimate of drug-likeness (QED) is 0.0751. The van der Waals surface area contributed by atoms with Gasteiger partial charge in [-0.25, -0.2) is 0 Å². The lowest BCUT2D eigenvalue weighted by molar-refractivity contribution is -0.393. The highest BCUT2D eigenvalue weighted by atomic mass is 16.7. The van der Waals surface area contributed by atoms with Gasteiger partial charge < -0.3 is 29.0 Å². The summed E-state index contributed by atoms with van der Waals surface area (Å²) in [7, 11) is 0. The van der Waals surface area contributed by atoms with Crippen molar-refractivity contribution in [3.63, 3.8) is 0 Å². The minimum absolute atomic E-state index is 0.0281. The van der Waals surface area contributed by atoms with E-state index in [1.807, 2.05) is 91.0 Å². The lowest BCUT2D eigenvalue weighted by Gasteiger charge is -2.46. The largest absolute Gasteiger partial charge is 0.374 e. The third kappa shape index (κ3) is 9.31. The summed E-state index contributed by atoms with van der Waals surface area (Å²) in [4.78, 5) is 22.2. The van der Waals surface area contributed by atoms with Crippen LogP contribution in [0.25, 0.3) is 0 Å². The first kappa shape index (κ1) is 34.4. The molecule has 0 bridgehead atoms. The Balaban J connectivity index is 1.50. The number of nitro groups is 2. The molecule has 0 unspecified atom stereocenters. The van der Waals surface area contributed by atoms with Crippen molar-refractivity contribution in [3.05, 3.63) is 159 Å². The van der Waals surface area contributed by atoms with Gasteiger partial charge in [0.05, 0.1) is 48.9 Å². The van der Waals surface area contributed by atoms with E-state index in [-0.39, 0.29) is 32.1 Å². The van der Waals surface area contributed by atoms with Gasteiger partial charge in [0.1, 0.15) is 30.0 Å². The highest BCUT2D eigenvalue weighted by molar-refractivity contribution is 5.66. The van der Waals surface area contributed by atoms with E-state index in [0.29, 0.717) is 6.61 Å². The van der Waals surface area contributed by atoms with Crippen molar-refractivity contribution in [1.29, 1.82) is 0 Å². The Kier molecular flexibility index (Phi) is 12.3. The van der Waals surface area contributed by atoms with Crippen molar-refractivity contribution in [2.24, 2.45) is 0 Å². The molecule has 1 N–H and O–H groups in total. The zero-order valence-corrected chi connectivity index (χ0v) is 26.2. The average molecular weight is 656 g/mol. The third-order valence-electron chi connectivity index (χ3n) is 7.70. The molecule has 12 nitrogen and oxygen atoms in total. The van der Waals surface area contributed by atoms with Gasteiger partial charge >= 0.3 is 0 Å². The number of hydrogen-bond acceptors (Lipinski definition) is 10. The number of nitrogens with zero attached hydrogens (tertiary/aromatic N) is 2. The number of ether oxygens (including phenoxy) is 5. The Bertz CT molecular complexity index is 1630. The number of rotatable bonds is 17. The molecule has 1 fully saturated rings. The van der Waals surface area contributed by atoms with E-state index >= 15 is 0 Å². The highest BCUT2D eigenvalue weighted by Gasteiger charge is 2.49. The fourth-order valence-corrected chi connectivity index (χ4v) is 5.38. The molecule has 5 rings (SSSR count). The average Bonchev–Trinajstić information content (AvgIpc) is 3.11. The van der Waals surface area contributed by atoms with Crippen LogP contribution in [0.1, 0.15) is 16.7 Å². The summed E-state index contributed by atoms with van der Waals surface area (Å²) in [5, 5.41) is 26.7. The summed E-state index contributed by atoms with van der Waals surface area (Å²) >= 11 is 0. The SMILES string of the molecule is C=CCO[C@@H]1[C@@H](Nc2ccc([N+](=O)[O-])cc2[N+](=O)[O-])[C@H](OCc2ccccc2)O[C@H](COCc2ccccc2)[C@H]1OCc1ccccc1. The van der Waals surface area contributed by atoms with Crippen molar-refractivity contribution < 1.29 is 33.5 Å². The van der Waals surface area contributed by atoms with Crippen LogP contribution in [0.3, 0.4) is 0 Å². The van der Waals surface area contributed by atoms with Gasteiger partial charge in [0.25, 0.3) is 11.4 Å². The van der Waals surface area contributed by atoms with Crippen LogP contribution in [0.15, 0.2) is 122 Å². The Morgan fingerprint density at radius 1 is 0.729 bits per heavy atom. The van der Waals surface area contributed by atoms with Gasteiger partial charge in [0.2, 0.25) is 0 Å². The van der Waals surface area contributed by atoms with Crippen molar-refractivity contribution in [2.45, 2.75) is 50.5 Å². The Hall–Kier alpha value is -4.98. The third-order valence-corrected chi connectivity index (χ3v) is 7.70. The molecule has 12 heteroatoms. The van der Waals surface area contributed by atoms with Crippen LogP contribution in [0, 0.1) is 20.2 Å². The van der Waals surface area contributed by atoms with Crippen LogP contribution in [-0.2, 0) is 43.5 Å². The van der Waals surface area contributed by atoms with Crippen LogP contribution in [0.4, 0.5) is 17.1 Å². The van der Waals surface area contributed by atoms with Crippen LogP contribution in [-0.4, -0.2) is 53.7 Å². The maximum Gasteiger partial charge on any atom is 0.299 e. The summed E-state index contributed by atoms with van der Waals surface area (Å²) < 4.78 is 32.0. The van der Waals surface area contributed by atoms with Crippen molar-refractivity contribution in [3.8, 4) is 0 Å². The summed E-state index contributed by atoms with van der Waals surface area (Å²) in [5.74, 6) is 0. The van der Waals surface area contributed by atoms with Gasteiger partial charge in [-0.15, -0.1) is 6.58 Å². The molecule has 0 spiro atoms. The summed E-state index contributed by atoms with van der Waals surface area (Å²) in [6.07, 6.45) is -1.65. The van der Waals surface area contributed by atoms with E-state index in [1.165, 1.54) is 12.1 Å². The molecular formula is C36H37N3O9. The smallest absolute Gasteiger partial charge is 0.299 e. The van der Waals surface area contributed by atoms with Crippen LogP contribution in [0.2, 0.25) is 0 Å². The molecule has 1 aliphatic heterocycles. The summed E-state index contributed by atoms with van der Waals surface area (Å²) in [5.41, 5.74) is 1.91. The van der Waals surface area contributed by atoms with Gasteiger partial charge in [-0.1, -0.05) is 97.1 Å². The topological polar surface area (TPSA) is 144 Å². The molecule has 0 saturated carbocycles. The molecule has 4 aromatic carbocycles. The monoisotopic (exact) mass is 655 g/mol. The second-order valence-electron chi connectivity index (χ2n) is 11.1. The lowest BCUT2D eigenvalue weighted by atomic mass is 9.95. The Morgan fingerprint density at radius 2 is 1.31 bits per heavy atom. The van der Waals surface area contributed by atoms with Crippen LogP contribution in [0.5, 0.6) is 0 Å². The standard InChI is InChI=1S/C36H37N3O9/c1-2-20-45-35-33(37-30-19-18-29(38(40)41)21-31(30)39(42)43)36(47-24-28-16-10-5-11-17-28)48-32(25-44-22-26-12-6-3-7-13-26)34(35)46-23-27-14-8-4-9-15-27/h2-19,21,32-37H,1,20,22-25H2/t32-,33-,34-,35-,36-/m1/s1. The van der Waals surface area contributed by atoms with Gasteiger partial charge in [0, 0.05) is 6.07 Å². The lowest BCUT2D eigenvalue weighted by Crippen LogP contribution is -2.63. The molecule has 1 aliphatic rings. The molecule has 1 saturated heterocycles. The van der Waals surface area contributed by atoms with Gasteiger partial charge in [-0.3, -0.25) is 20.2 Å². The first-order chi connectivity index (χ1) is 23.4. The van der Waals surface area contributed by atoms with E-state index in [0.717, 1.165) is 22.8 Å². The Labute approximate surface area is 278 Å². The molecule has 0 amide bonds. The second kappa shape index (κ2) is 17.3. The molecule has 0 aliphatic carbocycles. The highest BCUT2D eigenvalue weighted by Crippen LogP contribution is 2.35. The number of non-ortho nitro benzene ring substituents is 1. The molecule has 1 heterocycles.